The molecule has 0 radical (unpaired) electrons. The number of benzene rings is 1. The van der Waals surface area contributed by atoms with Crippen LogP contribution in [-0.4, -0.2) is 45.8 Å². The Labute approximate surface area is 171 Å². The summed E-state index contributed by atoms with van der Waals surface area (Å²) in [6.45, 7) is 9.16. The predicted octanol–water partition coefficient (Wildman–Crippen LogP) is 4.20. The van der Waals surface area contributed by atoms with Crippen molar-refractivity contribution in [2.24, 2.45) is 11.3 Å². The van der Waals surface area contributed by atoms with E-state index in [0.717, 1.165) is 41.4 Å². The Morgan fingerprint density at radius 3 is 2.52 bits per heavy atom. The fourth-order valence-corrected chi connectivity index (χ4v) is 4.12. The largest absolute Gasteiger partial charge is 0.495 e. The van der Waals surface area contributed by atoms with Crippen molar-refractivity contribution in [1.82, 2.24) is 25.6 Å². The van der Waals surface area contributed by atoms with Gasteiger partial charge in [0.2, 0.25) is 5.82 Å². The number of nitrogens with zero attached hydrogens (tertiary/aromatic N) is 5. The lowest BCUT2D eigenvalue weighted by Crippen LogP contribution is -2.38. The zero-order valence-corrected chi connectivity index (χ0v) is 17.5. The third kappa shape index (κ3) is 4.09. The number of H-pyrrole nitrogens is 1. The molecule has 152 valence electrons. The Kier molecular flexibility index (Phi) is 5.22. The topological polar surface area (TPSA) is 79.8 Å². The molecule has 0 aliphatic carbocycles. The highest BCUT2D eigenvalue weighted by Crippen LogP contribution is 2.38. The summed E-state index contributed by atoms with van der Waals surface area (Å²) in [5.74, 6) is 2.06. The number of rotatable bonds is 4. The molecular formula is C22H28N6O. The van der Waals surface area contributed by atoms with Gasteiger partial charge in [-0.25, -0.2) is 0 Å². The normalized spacial score (nSPS) is 15.5. The van der Waals surface area contributed by atoms with Crippen LogP contribution in [0.5, 0.6) is 5.75 Å². The first-order valence-corrected chi connectivity index (χ1v) is 10.1. The van der Waals surface area contributed by atoms with Gasteiger partial charge in [0.25, 0.3) is 0 Å². The monoisotopic (exact) mass is 392 g/mol. The molecule has 29 heavy (non-hydrogen) atoms. The second kappa shape index (κ2) is 7.81. The highest BCUT2D eigenvalue weighted by atomic mass is 16.5. The van der Waals surface area contributed by atoms with E-state index in [0.29, 0.717) is 11.2 Å². The molecule has 1 N–H and O–H groups in total. The minimum Gasteiger partial charge on any atom is -0.495 e. The van der Waals surface area contributed by atoms with Gasteiger partial charge in [-0.05, 0) is 53.2 Å². The van der Waals surface area contributed by atoms with E-state index in [-0.39, 0.29) is 0 Å². The summed E-state index contributed by atoms with van der Waals surface area (Å²) in [4.78, 5) is 6.76. The molecule has 0 bridgehead atoms. The summed E-state index contributed by atoms with van der Waals surface area (Å²) >= 11 is 0. The van der Waals surface area contributed by atoms with Crippen LogP contribution >= 0.6 is 0 Å². The first kappa shape index (κ1) is 19.4. The van der Waals surface area contributed by atoms with E-state index in [9.17, 15) is 0 Å². The molecule has 1 aromatic carbocycles. The van der Waals surface area contributed by atoms with Crippen LogP contribution in [0.1, 0.15) is 33.6 Å². The Morgan fingerprint density at radius 2 is 1.86 bits per heavy atom. The summed E-state index contributed by atoms with van der Waals surface area (Å²) in [5.41, 5.74) is 4.46. The number of tetrazole rings is 1. The minimum atomic E-state index is 0.366. The highest BCUT2D eigenvalue weighted by molar-refractivity contribution is 5.83. The molecule has 7 heteroatoms. The number of nitrogens with one attached hydrogen (secondary N) is 1. The maximum absolute atomic E-state index is 5.34. The molecule has 3 heterocycles. The van der Waals surface area contributed by atoms with Gasteiger partial charge >= 0.3 is 0 Å². The number of aromatic nitrogens is 5. The molecule has 1 aliphatic rings. The van der Waals surface area contributed by atoms with E-state index in [1.165, 1.54) is 18.5 Å². The average Bonchev–Trinajstić information content (AvgIpc) is 3.28. The van der Waals surface area contributed by atoms with Crippen molar-refractivity contribution >= 4 is 5.69 Å². The molecule has 0 amide bonds. The molecule has 7 nitrogen and oxygen atoms in total. The third-order valence-electron chi connectivity index (χ3n) is 5.93. The van der Waals surface area contributed by atoms with E-state index in [4.69, 9.17) is 4.74 Å². The summed E-state index contributed by atoms with van der Waals surface area (Å²) in [7, 11) is 1.64. The van der Waals surface area contributed by atoms with Crippen LogP contribution < -0.4 is 9.64 Å². The summed E-state index contributed by atoms with van der Waals surface area (Å²) in [5, 5.41) is 14.8. The predicted molar refractivity (Wildman–Crippen MR) is 114 cm³/mol. The van der Waals surface area contributed by atoms with E-state index in [1.54, 1.807) is 13.3 Å². The number of pyridine rings is 1. The zero-order valence-electron chi connectivity index (χ0n) is 17.5. The number of methoxy groups -OCH3 is 1. The molecule has 3 aromatic rings. The molecule has 4 rings (SSSR count). The van der Waals surface area contributed by atoms with Gasteiger partial charge in [-0.2, -0.15) is 5.21 Å². The standard InChI is InChI=1S/C22H28N6O/c1-22(2,3)16-7-9-28(10-8-16)17-5-6-19(15-11-18(29-4)14-23-13-15)20(12-17)21-24-26-27-25-21/h5-6,11-14,16H,7-10H2,1-4H3,(H,24,25,26,27). The van der Waals surface area contributed by atoms with Crippen molar-refractivity contribution in [3.63, 3.8) is 0 Å². The van der Waals surface area contributed by atoms with Crippen molar-refractivity contribution in [3.05, 3.63) is 36.7 Å². The van der Waals surface area contributed by atoms with Gasteiger partial charge < -0.3 is 9.64 Å². The van der Waals surface area contributed by atoms with E-state index in [2.05, 4.69) is 69.5 Å². The summed E-state index contributed by atoms with van der Waals surface area (Å²) in [6.07, 6.45) is 5.95. The summed E-state index contributed by atoms with van der Waals surface area (Å²) < 4.78 is 5.34. The molecule has 0 spiro atoms. The number of hydrogen-bond donors (Lipinski definition) is 1. The second-order valence-electron chi connectivity index (χ2n) is 8.71. The Bertz CT molecular complexity index is 956. The Hall–Kier alpha value is -2.96. The van der Waals surface area contributed by atoms with Gasteiger partial charge in [0.1, 0.15) is 5.75 Å². The van der Waals surface area contributed by atoms with Gasteiger partial charge in [0.05, 0.1) is 13.3 Å². The molecule has 0 saturated carbocycles. The smallest absolute Gasteiger partial charge is 0.205 e. The lowest BCUT2D eigenvalue weighted by Gasteiger charge is -2.40. The van der Waals surface area contributed by atoms with Gasteiger partial charge in [0.15, 0.2) is 0 Å². The van der Waals surface area contributed by atoms with E-state index >= 15 is 0 Å². The van der Waals surface area contributed by atoms with Gasteiger partial charge in [-0.15, -0.1) is 10.2 Å². The fourth-order valence-electron chi connectivity index (χ4n) is 4.12. The molecule has 1 fully saturated rings. The molecule has 0 atom stereocenters. The van der Waals surface area contributed by atoms with Crippen LogP contribution in [0, 0.1) is 11.3 Å². The molecule has 0 unspecified atom stereocenters. The van der Waals surface area contributed by atoms with Crippen LogP contribution in [0.4, 0.5) is 5.69 Å². The van der Waals surface area contributed by atoms with Crippen molar-refractivity contribution in [2.75, 3.05) is 25.1 Å². The quantitative estimate of drug-likeness (QED) is 0.717. The van der Waals surface area contributed by atoms with Gasteiger partial charge in [-0.1, -0.05) is 26.8 Å². The maximum atomic E-state index is 5.34. The lowest BCUT2D eigenvalue weighted by molar-refractivity contribution is 0.199. The van der Waals surface area contributed by atoms with Gasteiger partial charge in [-0.3, -0.25) is 4.98 Å². The molecule has 1 aliphatic heterocycles. The van der Waals surface area contributed by atoms with Crippen LogP contribution in [0.15, 0.2) is 36.7 Å². The van der Waals surface area contributed by atoms with E-state index < -0.39 is 0 Å². The number of anilines is 1. The third-order valence-corrected chi connectivity index (χ3v) is 5.93. The van der Waals surface area contributed by atoms with Crippen LogP contribution in [0.3, 0.4) is 0 Å². The molecule has 2 aromatic heterocycles. The first-order chi connectivity index (χ1) is 14.0. The van der Waals surface area contributed by atoms with Crippen molar-refractivity contribution in [1.29, 1.82) is 0 Å². The Morgan fingerprint density at radius 1 is 1.07 bits per heavy atom. The minimum absolute atomic E-state index is 0.366. The second-order valence-corrected chi connectivity index (χ2v) is 8.71. The number of aromatic amines is 1. The highest BCUT2D eigenvalue weighted by Gasteiger charge is 2.29. The average molecular weight is 393 g/mol. The number of hydrogen-bond acceptors (Lipinski definition) is 6. The van der Waals surface area contributed by atoms with Gasteiger partial charge in [0, 0.05) is 36.1 Å². The van der Waals surface area contributed by atoms with Crippen molar-refractivity contribution in [3.8, 4) is 28.3 Å². The van der Waals surface area contributed by atoms with Crippen LogP contribution in [0.2, 0.25) is 0 Å². The maximum Gasteiger partial charge on any atom is 0.205 e. The van der Waals surface area contributed by atoms with Crippen molar-refractivity contribution < 1.29 is 4.74 Å². The lowest BCUT2D eigenvalue weighted by atomic mass is 9.75. The SMILES string of the molecule is COc1cncc(-c2ccc(N3CCC(C(C)(C)C)CC3)cc2-c2nn[nH]n2)c1. The first-order valence-electron chi connectivity index (χ1n) is 10.1. The Balaban J connectivity index is 1.67. The zero-order chi connectivity index (χ0) is 20.4. The van der Waals surface area contributed by atoms with Crippen LogP contribution in [0.25, 0.3) is 22.5 Å². The number of piperidine rings is 1. The molecular weight excluding hydrogens is 364 g/mol. The summed E-state index contributed by atoms with van der Waals surface area (Å²) in [6, 6.07) is 8.43. The van der Waals surface area contributed by atoms with Crippen molar-refractivity contribution in [2.45, 2.75) is 33.6 Å². The fraction of sp³-hybridized carbons (Fsp3) is 0.455. The molecule has 1 saturated heterocycles. The van der Waals surface area contributed by atoms with E-state index in [1.807, 2.05) is 12.3 Å². The number of ether oxygens (including phenoxy) is 1. The van der Waals surface area contributed by atoms with Crippen LogP contribution in [-0.2, 0) is 0 Å².